The number of hydrogen-bond donors (Lipinski definition) is 1. The van der Waals surface area contributed by atoms with E-state index < -0.39 is 17.9 Å². The molecule has 0 spiro atoms. The van der Waals surface area contributed by atoms with Crippen LogP contribution in [0, 0.1) is 0 Å². The Morgan fingerprint density at radius 3 is 2.64 bits per heavy atom. The predicted octanol–water partition coefficient (Wildman–Crippen LogP) is 2.51. The number of halogens is 3. The summed E-state index contributed by atoms with van der Waals surface area (Å²) < 4.78 is 37.3. The normalized spacial score (nSPS) is 14.1. The first-order valence-electron chi connectivity index (χ1n) is 4.24. The van der Waals surface area contributed by atoms with E-state index in [9.17, 15) is 13.2 Å². The van der Waals surface area contributed by atoms with Crippen molar-refractivity contribution in [2.24, 2.45) is 5.73 Å². The maximum absolute atomic E-state index is 12.4. The van der Waals surface area contributed by atoms with E-state index in [-0.39, 0.29) is 5.56 Å². The lowest BCUT2D eigenvalue weighted by molar-refractivity contribution is -0.142. The molecular weight excluding hydrogens is 193 g/mol. The van der Waals surface area contributed by atoms with Crippen molar-refractivity contribution in [3.63, 3.8) is 0 Å². The van der Waals surface area contributed by atoms with E-state index in [2.05, 4.69) is 4.98 Å². The highest BCUT2D eigenvalue weighted by Crippen LogP contribution is 2.32. The molecule has 0 aliphatic heterocycles. The molecule has 0 aliphatic carbocycles. The molecule has 1 aromatic heterocycles. The van der Waals surface area contributed by atoms with E-state index in [0.29, 0.717) is 6.42 Å². The standard InChI is InChI=1S/C9H11F3N2/c1-2-7(13)6-4-3-5-14-8(6)9(10,11)12/h3-5,7H,2,13H2,1H3/t7-/m0/s1. The Bertz CT molecular complexity index is 309. The maximum atomic E-state index is 12.4. The summed E-state index contributed by atoms with van der Waals surface area (Å²) in [5.41, 5.74) is 4.73. The van der Waals surface area contributed by atoms with Gasteiger partial charge >= 0.3 is 6.18 Å². The zero-order chi connectivity index (χ0) is 10.8. The van der Waals surface area contributed by atoms with Crippen LogP contribution in [0.2, 0.25) is 0 Å². The Morgan fingerprint density at radius 1 is 1.50 bits per heavy atom. The van der Waals surface area contributed by atoms with E-state index in [0.717, 1.165) is 6.20 Å². The largest absolute Gasteiger partial charge is 0.433 e. The monoisotopic (exact) mass is 204 g/mol. The molecule has 0 saturated heterocycles. The molecule has 14 heavy (non-hydrogen) atoms. The van der Waals surface area contributed by atoms with Crippen LogP contribution in [0.15, 0.2) is 18.3 Å². The van der Waals surface area contributed by atoms with Crippen LogP contribution >= 0.6 is 0 Å². The van der Waals surface area contributed by atoms with Crippen LogP contribution in [0.1, 0.15) is 30.6 Å². The number of nitrogens with two attached hydrogens (primary N) is 1. The van der Waals surface area contributed by atoms with Gasteiger partial charge in [-0.15, -0.1) is 0 Å². The molecule has 0 fully saturated rings. The van der Waals surface area contributed by atoms with E-state index >= 15 is 0 Å². The fraction of sp³-hybridized carbons (Fsp3) is 0.444. The molecular formula is C9H11F3N2. The highest BCUT2D eigenvalue weighted by atomic mass is 19.4. The van der Waals surface area contributed by atoms with E-state index in [4.69, 9.17) is 5.73 Å². The molecule has 0 aromatic carbocycles. The highest BCUT2D eigenvalue weighted by molar-refractivity contribution is 5.25. The van der Waals surface area contributed by atoms with Gasteiger partial charge in [0.1, 0.15) is 5.69 Å². The molecule has 2 N–H and O–H groups in total. The number of nitrogens with zero attached hydrogens (tertiary/aromatic N) is 1. The van der Waals surface area contributed by atoms with Gasteiger partial charge in [0.25, 0.3) is 0 Å². The average Bonchev–Trinajstić information content (AvgIpc) is 2.15. The lowest BCUT2D eigenvalue weighted by Crippen LogP contribution is -2.18. The smallest absolute Gasteiger partial charge is 0.324 e. The second kappa shape index (κ2) is 3.96. The maximum Gasteiger partial charge on any atom is 0.433 e. The molecule has 1 heterocycles. The van der Waals surface area contributed by atoms with Gasteiger partial charge in [-0.3, -0.25) is 4.98 Å². The average molecular weight is 204 g/mol. The van der Waals surface area contributed by atoms with Crippen LogP contribution in [0.4, 0.5) is 13.2 Å². The van der Waals surface area contributed by atoms with Crippen molar-refractivity contribution in [3.05, 3.63) is 29.6 Å². The van der Waals surface area contributed by atoms with Gasteiger partial charge < -0.3 is 5.73 Å². The highest BCUT2D eigenvalue weighted by Gasteiger charge is 2.35. The Labute approximate surface area is 79.9 Å². The number of alkyl halides is 3. The molecule has 1 aromatic rings. The van der Waals surface area contributed by atoms with Gasteiger partial charge in [-0.2, -0.15) is 13.2 Å². The van der Waals surface area contributed by atoms with Crippen LogP contribution in [0.3, 0.4) is 0 Å². The molecule has 5 heteroatoms. The summed E-state index contributed by atoms with van der Waals surface area (Å²) >= 11 is 0. The van der Waals surface area contributed by atoms with Crippen molar-refractivity contribution in [1.82, 2.24) is 4.98 Å². The second-order valence-corrected chi connectivity index (χ2v) is 2.95. The summed E-state index contributed by atoms with van der Waals surface area (Å²) in [7, 11) is 0. The third-order valence-corrected chi connectivity index (χ3v) is 1.95. The van der Waals surface area contributed by atoms with E-state index in [1.54, 1.807) is 6.92 Å². The van der Waals surface area contributed by atoms with Gasteiger partial charge in [-0.1, -0.05) is 13.0 Å². The van der Waals surface area contributed by atoms with Crippen LogP contribution in [-0.4, -0.2) is 4.98 Å². The van der Waals surface area contributed by atoms with Crippen molar-refractivity contribution in [1.29, 1.82) is 0 Å². The molecule has 0 unspecified atom stereocenters. The minimum atomic E-state index is -4.43. The van der Waals surface area contributed by atoms with Crippen LogP contribution in [-0.2, 0) is 6.18 Å². The summed E-state index contributed by atoms with van der Waals surface area (Å²) in [5.74, 6) is 0. The molecule has 0 amide bonds. The summed E-state index contributed by atoms with van der Waals surface area (Å²) in [5, 5.41) is 0. The van der Waals surface area contributed by atoms with Gasteiger partial charge in [-0.05, 0) is 18.1 Å². The third kappa shape index (κ3) is 2.23. The van der Waals surface area contributed by atoms with Crippen molar-refractivity contribution >= 4 is 0 Å². The fourth-order valence-corrected chi connectivity index (χ4v) is 1.17. The van der Waals surface area contributed by atoms with Crippen molar-refractivity contribution < 1.29 is 13.2 Å². The second-order valence-electron chi connectivity index (χ2n) is 2.95. The number of aromatic nitrogens is 1. The predicted molar refractivity (Wildman–Crippen MR) is 46.5 cm³/mol. The molecule has 1 rings (SSSR count). The Balaban J connectivity index is 3.16. The van der Waals surface area contributed by atoms with Crippen molar-refractivity contribution in [2.75, 3.05) is 0 Å². The summed E-state index contributed by atoms with van der Waals surface area (Å²) in [6, 6.07) is 2.21. The number of rotatable bonds is 2. The molecule has 0 radical (unpaired) electrons. The first-order chi connectivity index (χ1) is 6.46. The fourth-order valence-electron chi connectivity index (χ4n) is 1.17. The minimum absolute atomic E-state index is 0.0579. The SMILES string of the molecule is CC[C@H](N)c1cccnc1C(F)(F)F. The lowest BCUT2D eigenvalue weighted by atomic mass is 10.0. The first kappa shape index (κ1) is 11.0. The lowest BCUT2D eigenvalue weighted by Gasteiger charge is -2.15. The molecule has 0 saturated carbocycles. The van der Waals surface area contributed by atoms with Gasteiger partial charge in [0.2, 0.25) is 0 Å². The molecule has 1 atom stereocenters. The Hall–Kier alpha value is -1.10. The van der Waals surface area contributed by atoms with E-state index in [1.807, 2.05) is 0 Å². The molecule has 0 aliphatic rings. The molecule has 2 nitrogen and oxygen atoms in total. The van der Waals surface area contributed by atoms with Gasteiger partial charge in [0.05, 0.1) is 0 Å². The van der Waals surface area contributed by atoms with Crippen molar-refractivity contribution in [2.45, 2.75) is 25.6 Å². The van der Waals surface area contributed by atoms with Crippen LogP contribution in [0.5, 0.6) is 0 Å². The number of pyridine rings is 1. The van der Waals surface area contributed by atoms with E-state index in [1.165, 1.54) is 12.1 Å². The Kier molecular flexibility index (Phi) is 3.10. The summed E-state index contributed by atoms with van der Waals surface area (Å²) in [6.07, 6.45) is -2.85. The quantitative estimate of drug-likeness (QED) is 0.803. The Morgan fingerprint density at radius 2 is 2.14 bits per heavy atom. The minimum Gasteiger partial charge on any atom is -0.324 e. The van der Waals surface area contributed by atoms with Gasteiger partial charge in [0, 0.05) is 12.2 Å². The van der Waals surface area contributed by atoms with Crippen LogP contribution in [0.25, 0.3) is 0 Å². The molecule has 0 bridgehead atoms. The van der Waals surface area contributed by atoms with Gasteiger partial charge in [-0.25, -0.2) is 0 Å². The summed E-state index contributed by atoms with van der Waals surface area (Å²) in [4.78, 5) is 3.31. The molecule has 78 valence electrons. The topological polar surface area (TPSA) is 38.9 Å². The first-order valence-corrected chi connectivity index (χ1v) is 4.24. The third-order valence-electron chi connectivity index (χ3n) is 1.95. The summed E-state index contributed by atoms with van der Waals surface area (Å²) in [6.45, 7) is 1.73. The van der Waals surface area contributed by atoms with Crippen LogP contribution < -0.4 is 5.73 Å². The number of hydrogen-bond acceptors (Lipinski definition) is 2. The zero-order valence-corrected chi connectivity index (χ0v) is 7.67. The zero-order valence-electron chi connectivity index (χ0n) is 7.67. The van der Waals surface area contributed by atoms with Crippen molar-refractivity contribution in [3.8, 4) is 0 Å². The van der Waals surface area contributed by atoms with Gasteiger partial charge in [0.15, 0.2) is 0 Å².